The van der Waals surface area contributed by atoms with E-state index in [1.54, 1.807) is 0 Å². The van der Waals surface area contributed by atoms with Gasteiger partial charge in [-0.25, -0.2) is 9.59 Å². The fraction of sp³-hybridized carbons (Fsp3) is 0.782. The van der Waals surface area contributed by atoms with Gasteiger partial charge in [0.1, 0.15) is 42.6 Å². The van der Waals surface area contributed by atoms with E-state index >= 15 is 0 Å². The average Bonchev–Trinajstić information content (AvgIpc) is 3.38. The van der Waals surface area contributed by atoms with Crippen molar-refractivity contribution in [2.24, 2.45) is 17.8 Å². The molecule has 8 N–H and O–H groups in total. The number of amides is 4. The maximum absolute atomic E-state index is 12.7. The van der Waals surface area contributed by atoms with Crippen LogP contribution < -0.4 is 21.3 Å². The number of hydrogen-bond donors (Lipinski definition) is 8. The Balaban J connectivity index is 4.16. The first-order valence-corrected chi connectivity index (χ1v) is 28.0. The first kappa shape index (κ1) is 73.3. The zero-order valence-electron chi connectivity index (χ0n) is 47.0. The quantitative estimate of drug-likeness (QED) is 0.0388. The van der Waals surface area contributed by atoms with Crippen LogP contribution in [-0.2, 0) is 76.5 Å². The predicted octanol–water partition coefficient (Wildman–Crippen LogP) is 4.53. The number of ketones is 4. The molecule has 0 spiro atoms. The van der Waals surface area contributed by atoms with Gasteiger partial charge in [-0.2, -0.15) is 0 Å². The molecule has 0 rings (SSSR count). The summed E-state index contributed by atoms with van der Waals surface area (Å²) >= 11 is 0. The summed E-state index contributed by atoms with van der Waals surface area (Å²) in [6.07, 6.45) is 9.72. The normalized spacial score (nSPS) is 12.7. The van der Waals surface area contributed by atoms with Crippen LogP contribution in [0.1, 0.15) is 181 Å². The summed E-state index contributed by atoms with van der Waals surface area (Å²) in [5, 5.41) is 47.6. The zero-order chi connectivity index (χ0) is 59.2. The van der Waals surface area contributed by atoms with Crippen molar-refractivity contribution in [3.63, 3.8) is 0 Å². The largest absolute Gasteiger partial charge is 0.481 e. The maximum Gasteiger partial charge on any atom is 0.326 e. The van der Waals surface area contributed by atoms with E-state index in [1.807, 2.05) is 13.8 Å². The monoisotopic (exact) mass is 1130 g/mol. The fourth-order valence-corrected chi connectivity index (χ4v) is 7.91. The fourth-order valence-electron chi connectivity index (χ4n) is 7.91. The molecule has 0 unspecified atom stereocenters. The Morgan fingerprint density at radius 1 is 0.392 bits per heavy atom. The van der Waals surface area contributed by atoms with Crippen LogP contribution in [0.5, 0.6) is 0 Å². The molecule has 4 atom stereocenters. The standard InChI is InChI=1S/C55H92N4O20/c1-39(2)47(63)36-41(40(3)60)17-14-15-27-56-51(67)38-79-34-31-76-29-16-18-44(62)37-78-33-32-77-30-28-57-48(64)25-21-42(53(70)71)35-43(61)22-23-45(54(72)73)59-50(66)26-24-46(55(74)75)58-49(65)19-12-10-8-6-4-5-7-9-11-13-20-52(68)69/h39,41-42,45-46H,4-38H2,1-3H3,(H,56,67)(H,57,64)(H,58,65)(H,59,66)(H,68,69)(H,70,71)(H,72,73)(H,74,75)/t41-,42-,45+,46+/m1/s1. The van der Waals surface area contributed by atoms with Gasteiger partial charge in [0.05, 0.1) is 39.0 Å². The van der Waals surface area contributed by atoms with Gasteiger partial charge in [0.15, 0.2) is 5.78 Å². The zero-order valence-corrected chi connectivity index (χ0v) is 47.0. The number of aliphatic carboxylic acids is 4. The minimum absolute atomic E-state index is 0.000504. The lowest BCUT2D eigenvalue weighted by atomic mass is 9.89. The van der Waals surface area contributed by atoms with Crippen LogP contribution in [0.4, 0.5) is 0 Å². The van der Waals surface area contributed by atoms with E-state index in [9.17, 15) is 72.9 Å². The Morgan fingerprint density at radius 3 is 1.46 bits per heavy atom. The van der Waals surface area contributed by atoms with Crippen LogP contribution in [0.3, 0.4) is 0 Å². The Morgan fingerprint density at radius 2 is 0.899 bits per heavy atom. The molecule has 0 aromatic carbocycles. The second kappa shape index (κ2) is 47.1. The van der Waals surface area contributed by atoms with E-state index in [0.717, 1.165) is 51.4 Å². The Hall–Kier alpha value is -5.72. The van der Waals surface area contributed by atoms with Gasteiger partial charge in [-0.3, -0.25) is 47.9 Å². The Kier molecular flexibility index (Phi) is 43.7. The van der Waals surface area contributed by atoms with Crippen LogP contribution in [0, 0.1) is 17.8 Å². The van der Waals surface area contributed by atoms with Gasteiger partial charge < -0.3 is 60.6 Å². The number of ether oxygens (including phenoxy) is 4. The number of carbonyl (C=O) groups is 12. The molecular weight excluding hydrogens is 1040 g/mol. The molecule has 0 aliphatic heterocycles. The highest BCUT2D eigenvalue weighted by molar-refractivity contribution is 5.89. The molecule has 0 saturated carbocycles. The smallest absolute Gasteiger partial charge is 0.326 e. The third-order valence-electron chi connectivity index (χ3n) is 12.7. The number of carboxylic acid groups (broad SMARTS) is 4. The summed E-state index contributed by atoms with van der Waals surface area (Å²) in [5.41, 5.74) is 0. The molecule has 0 aromatic rings. The average molecular weight is 1130 g/mol. The van der Waals surface area contributed by atoms with Crippen LogP contribution in [0.25, 0.3) is 0 Å². The second-order valence-electron chi connectivity index (χ2n) is 20.0. The van der Waals surface area contributed by atoms with Crippen LogP contribution in [0.2, 0.25) is 0 Å². The molecule has 24 heteroatoms. The SMILES string of the molecule is CC(=O)[C@H](CCCCNC(=O)COCCOCCCC(=O)COCCOCCNC(=O)CC[C@H](CC(=O)CC[C@H](NC(=O)CC[C@H](NC(=O)CCCCCCCCCCCCC(=O)O)C(=O)O)C(=O)O)C(=O)O)CC(=O)C(C)C. The van der Waals surface area contributed by atoms with E-state index in [1.165, 1.54) is 6.92 Å². The number of nitrogens with one attached hydrogen (secondary N) is 4. The molecule has 0 heterocycles. The van der Waals surface area contributed by atoms with Crippen LogP contribution in [0.15, 0.2) is 0 Å². The molecular formula is C55H92N4O20. The molecule has 79 heavy (non-hydrogen) atoms. The van der Waals surface area contributed by atoms with Crippen molar-refractivity contribution in [1.82, 2.24) is 21.3 Å². The topological polar surface area (TPSA) is 371 Å². The van der Waals surface area contributed by atoms with Gasteiger partial charge in [-0.15, -0.1) is 0 Å². The lowest BCUT2D eigenvalue weighted by Gasteiger charge is -2.17. The van der Waals surface area contributed by atoms with Gasteiger partial charge in [0.25, 0.3) is 0 Å². The van der Waals surface area contributed by atoms with Crippen molar-refractivity contribution < 1.29 is 96.9 Å². The third kappa shape index (κ3) is 43.8. The lowest BCUT2D eigenvalue weighted by molar-refractivity contribution is -0.145. The predicted molar refractivity (Wildman–Crippen MR) is 287 cm³/mol. The highest BCUT2D eigenvalue weighted by Gasteiger charge is 2.27. The van der Waals surface area contributed by atoms with Gasteiger partial charge in [0, 0.05) is 82.9 Å². The number of carboxylic acids is 4. The lowest BCUT2D eigenvalue weighted by Crippen LogP contribution is -2.44. The third-order valence-corrected chi connectivity index (χ3v) is 12.7. The van der Waals surface area contributed by atoms with E-state index in [0.29, 0.717) is 51.7 Å². The van der Waals surface area contributed by atoms with E-state index in [2.05, 4.69) is 21.3 Å². The van der Waals surface area contributed by atoms with E-state index < -0.39 is 84.6 Å². The Bertz CT molecular complexity index is 1860. The van der Waals surface area contributed by atoms with Gasteiger partial charge in [-0.05, 0) is 58.3 Å². The molecule has 0 aliphatic carbocycles. The maximum atomic E-state index is 12.7. The molecule has 0 radical (unpaired) electrons. The molecule has 4 amide bonds. The number of unbranched alkanes of at least 4 members (excludes halogenated alkanes) is 10. The summed E-state index contributed by atoms with van der Waals surface area (Å²) in [5.74, 6) is -9.32. The minimum atomic E-state index is -1.53. The summed E-state index contributed by atoms with van der Waals surface area (Å²) in [6.45, 7) is 6.53. The summed E-state index contributed by atoms with van der Waals surface area (Å²) in [7, 11) is 0. The molecule has 0 fully saturated rings. The van der Waals surface area contributed by atoms with Crippen molar-refractivity contribution in [2.45, 2.75) is 193 Å². The van der Waals surface area contributed by atoms with Gasteiger partial charge >= 0.3 is 23.9 Å². The number of rotatable bonds is 55. The van der Waals surface area contributed by atoms with E-state index in [4.69, 9.17) is 24.1 Å². The number of hydrogen-bond acceptors (Lipinski definition) is 16. The van der Waals surface area contributed by atoms with Crippen molar-refractivity contribution in [3.8, 4) is 0 Å². The Labute approximate surface area is 464 Å². The number of carbonyl (C=O) groups excluding carboxylic acids is 8. The number of Topliss-reactive ketones (excluding diaryl/α,β-unsaturated/α-hetero) is 4. The highest BCUT2D eigenvalue weighted by atomic mass is 16.5. The molecule has 0 saturated heterocycles. The first-order chi connectivity index (χ1) is 37.6. The molecule has 0 aromatic heterocycles. The summed E-state index contributed by atoms with van der Waals surface area (Å²) < 4.78 is 21.5. The van der Waals surface area contributed by atoms with Crippen LogP contribution in [-0.4, -0.2) is 169 Å². The van der Waals surface area contributed by atoms with Crippen molar-refractivity contribution in [3.05, 3.63) is 0 Å². The summed E-state index contributed by atoms with van der Waals surface area (Å²) in [6, 6.07) is -2.92. The summed E-state index contributed by atoms with van der Waals surface area (Å²) in [4.78, 5) is 144. The van der Waals surface area contributed by atoms with Crippen molar-refractivity contribution in [2.75, 3.05) is 65.9 Å². The highest BCUT2D eigenvalue weighted by Crippen LogP contribution is 2.18. The van der Waals surface area contributed by atoms with Gasteiger partial charge in [0.2, 0.25) is 23.6 Å². The minimum Gasteiger partial charge on any atom is -0.481 e. The first-order valence-electron chi connectivity index (χ1n) is 28.0. The van der Waals surface area contributed by atoms with Gasteiger partial charge in [-0.1, -0.05) is 71.6 Å². The molecule has 452 valence electrons. The second-order valence-corrected chi connectivity index (χ2v) is 20.0. The van der Waals surface area contributed by atoms with E-state index in [-0.39, 0.29) is 139 Å². The molecule has 0 bridgehead atoms. The van der Waals surface area contributed by atoms with Crippen LogP contribution >= 0.6 is 0 Å². The van der Waals surface area contributed by atoms with Crippen molar-refractivity contribution in [1.29, 1.82) is 0 Å². The molecule has 24 nitrogen and oxygen atoms in total. The van der Waals surface area contributed by atoms with Crippen molar-refractivity contribution >= 4 is 70.6 Å². The molecule has 0 aliphatic rings.